The van der Waals surface area contributed by atoms with Gasteiger partial charge in [0.2, 0.25) is 5.78 Å². The van der Waals surface area contributed by atoms with E-state index in [1.807, 2.05) is 0 Å². The second kappa shape index (κ2) is 10.8. The van der Waals surface area contributed by atoms with Crippen LogP contribution in [0, 0.1) is 15.9 Å². The Balaban J connectivity index is 1.71. The van der Waals surface area contributed by atoms with Crippen LogP contribution in [0.4, 0.5) is 15.8 Å². The number of carbonyl (C=O) groups excluding carboxylic acids is 3. The number of anilines is 1. The minimum Gasteiger partial charge on any atom is -0.456 e. The number of halogens is 1. The summed E-state index contributed by atoms with van der Waals surface area (Å²) in [5.74, 6) is -2.32. The third-order valence-corrected chi connectivity index (χ3v) is 4.68. The second-order valence-corrected chi connectivity index (χ2v) is 7.04. The molecule has 33 heavy (non-hydrogen) atoms. The number of ketones is 2. The van der Waals surface area contributed by atoms with Crippen molar-refractivity contribution in [2.24, 2.45) is 0 Å². The Hall–Kier alpha value is -4.40. The van der Waals surface area contributed by atoms with Gasteiger partial charge in [-0.2, -0.15) is 0 Å². The van der Waals surface area contributed by atoms with Gasteiger partial charge in [0.15, 0.2) is 12.4 Å². The maximum atomic E-state index is 13.2. The first-order valence-corrected chi connectivity index (χ1v) is 9.88. The molecule has 9 heteroatoms. The monoisotopic (exact) mass is 450 g/mol. The summed E-state index contributed by atoms with van der Waals surface area (Å²) in [5, 5.41) is 13.7. The van der Waals surface area contributed by atoms with Crippen LogP contribution in [-0.2, 0) is 9.53 Å². The molecule has 0 aliphatic rings. The molecule has 0 heterocycles. The summed E-state index contributed by atoms with van der Waals surface area (Å²) in [6.45, 7) is -0.666. The molecule has 0 spiro atoms. The van der Waals surface area contributed by atoms with Crippen LogP contribution in [0.1, 0.15) is 27.1 Å². The van der Waals surface area contributed by atoms with E-state index in [1.54, 1.807) is 30.3 Å². The average molecular weight is 450 g/mol. The molecule has 0 saturated carbocycles. The van der Waals surface area contributed by atoms with Crippen molar-refractivity contribution in [1.29, 1.82) is 0 Å². The Morgan fingerprint density at radius 2 is 1.58 bits per heavy atom. The van der Waals surface area contributed by atoms with Crippen LogP contribution in [0.25, 0.3) is 0 Å². The number of nitro benzene ring substituents is 1. The molecule has 0 aliphatic carbocycles. The maximum absolute atomic E-state index is 13.2. The first-order chi connectivity index (χ1) is 15.8. The van der Waals surface area contributed by atoms with Gasteiger partial charge in [-0.15, -0.1) is 0 Å². The number of hydrogen-bond donors (Lipinski definition) is 1. The van der Waals surface area contributed by atoms with Crippen LogP contribution in [-0.4, -0.2) is 35.1 Å². The van der Waals surface area contributed by atoms with Crippen LogP contribution in [0.15, 0.2) is 78.9 Å². The lowest BCUT2D eigenvalue weighted by molar-refractivity contribution is -0.384. The molecule has 0 saturated heterocycles. The topological polar surface area (TPSA) is 116 Å². The third kappa shape index (κ3) is 6.54. The SMILES string of the molecule is O=C(COC(=O)[C@@H](CC(=O)c1ccccc1)Nc1ccc(F)cc1)c1cccc([N+](=O)[O-])c1. The third-order valence-electron chi connectivity index (χ3n) is 4.68. The predicted molar refractivity (Wildman–Crippen MR) is 118 cm³/mol. The summed E-state index contributed by atoms with van der Waals surface area (Å²) in [4.78, 5) is 48.0. The lowest BCUT2D eigenvalue weighted by Gasteiger charge is -2.18. The van der Waals surface area contributed by atoms with Crippen molar-refractivity contribution in [3.05, 3.63) is 106 Å². The number of esters is 1. The number of nitrogens with zero attached hydrogens (tertiary/aromatic N) is 1. The highest BCUT2D eigenvalue weighted by atomic mass is 19.1. The minimum absolute atomic E-state index is 0.0143. The van der Waals surface area contributed by atoms with Crippen LogP contribution in [0.3, 0.4) is 0 Å². The highest BCUT2D eigenvalue weighted by molar-refractivity contribution is 6.01. The number of rotatable bonds is 10. The van der Waals surface area contributed by atoms with Gasteiger partial charge in [0.1, 0.15) is 11.9 Å². The fourth-order valence-corrected chi connectivity index (χ4v) is 2.98. The van der Waals surface area contributed by atoms with Gasteiger partial charge in [-0.1, -0.05) is 42.5 Å². The zero-order chi connectivity index (χ0) is 23.8. The number of nitro groups is 1. The smallest absolute Gasteiger partial charge is 0.329 e. The molecule has 8 nitrogen and oxygen atoms in total. The largest absolute Gasteiger partial charge is 0.456 e. The Morgan fingerprint density at radius 1 is 0.909 bits per heavy atom. The number of nitrogens with one attached hydrogen (secondary N) is 1. The molecule has 0 radical (unpaired) electrons. The Bertz CT molecular complexity index is 1170. The Morgan fingerprint density at radius 3 is 2.24 bits per heavy atom. The van der Waals surface area contributed by atoms with Crippen LogP contribution < -0.4 is 5.32 Å². The highest BCUT2D eigenvalue weighted by Gasteiger charge is 2.25. The first-order valence-electron chi connectivity index (χ1n) is 9.88. The molecule has 168 valence electrons. The van der Waals surface area contributed by atoms with Gasteiger partial charge in [0, 0.05) is 35.4 Å². The predicted octanol–water partition coefficient (Wildman–Crippen LogP) is 4.21. The minimum atomic E-state index is -1.15. The van der Waals surface area contributed by atoms with Gasteiger partial charge < -0.3 is 10.1 Å². The Kier molecular flexibility index (Phi) is 7.59. The normalized spacial score (nSPS) is 11.3. The van der Waals surface area contributed by atoms with Gasteiger partial charge >= 0.3 is 5.97 Å². The quantitative estimate of drug-likeness (QED) is 0.213. The summed E-state index contributed by atoms with van der Waals surface area (Å²) >= 11 is 0. The van der Waals surface area contributed by atoms with E-state index in [2.05, 4.69) is 5.32 Å². The molecule has 0 fully saturated rings. The standard InChI is InChI=1S/C24H19FN2O6/c25-18-9-11-19(12-10-18)26-21(14-22(28)16-5-2-1-3-6-16)24(30)33-15-23(29)17-7-4-8-20(13-17)27(31)32/h1-13,21,26H,14-15H2/t21-/m1/s1. The van der Waals surface area contributed by atoms with E-state index < -0.39 is 35.1 Å². The van der Waals surface area contributed by atoms with Crippen molar-refractivity contribution in [3.8, 4) is 0 Å². The van der Waals surface area contributed by atoms with Crippen LogP contribution in [0.2, 0.25) is 0 Å². The van der Waals surface area contributed by atoms with E-state index in [9.17, 15) is 28.9 Å². The van der Waals surface area contributed by atoms with Crippen molar-refractivity contribution >= 4 is 28.9 Å². The summed E-state index contributed by atoms with van der Waals surface area (Å²) in [5.41, 5.74) is 0.519. The molecule has 3 rings (SSSR count). The van der Waals surface area contributed by atoms with E-state index >= 15 is 0 Å². The number of benzene rings is 3. The highest BCUT2D eigenvalue weighted by Crippen LogP contribution is 2.16. The van der Waals surface area contributed by atoms with Crippen molar-refractivity contribution in [1.82, 2.24) is 0 Å². The lowest BCUT2D eigenvalue weighted by Crippen LogP contribution is -2.34. The van der Waals surface area contributed by atoms with Crippen LogP contribution >= 0.6 is 0 Å². The first kappa shape index (κ1) is 23.3. The molecule has 0 unspecified atom stereocenters. The van der Waals surface area contributed by atoms with Gasteiger partial charge in [-0.05, 0) is 24.3 Å². The van der Waals surface area contributed by atoms with E-state index in [0.717, 1.165) is 6.07 Å². The molecule has 1 atom stereocenters. The van der Waals surface area contributed by atoms with Crippen molar-refractivity contribution in [2.45, 2.75) is 12.5 Å². The number of ether oxygens (including phenoxy) is 1. The fraction of sp³-hybridized carbons (Fsp3) is 0.125. The average Bonchev–Trinajstić information content (AvgIpc) is 2.83. The number of hydrogen-bond acceptors (Lipinski definition) is 7. The van der Waals surface area contributed by atoms with E-state index in [-0.39, 0.29) is 23.5 Å². The number of carbonyl (C=O) groups is 3. The van der Waals surface area contributed by atoms with Crippen molar-refractivity contribution in [2.75, 3.05) is 11.9 Å². The summed E-state index contributed by atoms with van der Waals surface area (Å²) in [6.07, 6.45) is -0.273. The molecular formula is C24H19FN2O6. The lowest BCUT2D eigenvalue weighted by atomic mass is 10.0. The van der Waals surface area contributed by atoms with E-state index in [0.29, 0.717) is 11.3 Å². The number of Topliss-reactive ketones (excluding diaryl/α,β-unsaturated/α-hetero) is 2. The second-order valence-electron chi connectivity index (χ2n) is 7.04. The van der Waals surface area contributed by atoms with Gasteiger partial charge in [0.05, 0.1) is 4.92 Å². The van der Waals surface area contributed by atoms with Crippen molar-refractivity contribution in [3.63, 3.8) is 0 Å². The molecule has 3 aromatic rings. The van der Waals surface area contributed by atoms with Gasteiger partial charge in [-0.3, -0.25) is 19.7 Å². The fourth-order valence-electron chi connectivity index (χ4n) is 2.98. The zero-order valence-electron chi connectivity index (χ0n) is 17.3. The summed E-state index contributed by atoms with van der Waals surface area (Å²) < 4.78 is 18.3. The summed E-state index contributed by atoms with van der Waals surface area (Å²) in [6, 6.07) is 17.4. The van der Waals surface area contributed by atoms with E-state index in [4.69, 9.17) is 4.74 Å². The molecular weight excluding hydrogens is 431 g/mol. The van der Waals surface area contributed by atoms with Crippen molar-refractivity contribution < 1.29 is 28.4 Å². The maximum Gasteiger partial charge on any atom is 0.329 e. The molecule has 0 aromatic heterocycles. The van der Waals surface area contributed by atoms with Crippen LogP contribution in [0.5, 0.6) is 0 Å². The molecule has 3 aromatic carbocycles. The molecule has 0 bridgehead atoms. The number of non-ortho nitro benzene ring substituents is 1. The van der Waals surface area contributed by atoms with E-state index in [1.165, 1.54) is 42.5 Å². The molecule has 0 aliphatic heterocycles. The Labute approximate surface area is 188 Å². The molecule has 1 N–H and O–H groups in total. The van der Waals surface area contributed by atoms with Gasteiger partial charge in [-0.25, -0.2) is 9.18 Å². The zero-order valence-corrected chi connectivity index (χ0v) is 17.3. The molecule has 0 amide bonds. The summed E-state index contributed by atoms with van der Waals surface area (Å²) in [7, 11) is 0. The van der Waals surface area contributed by atoms with Gasteiger partial charge in [0.25, 0.3) is 5.69 Å².